The van der Waals surface area contributed by atoms with Gasteiger partial charge in [-0.05, 0) is 12.5 Å². The molecule has 0 aliphatic carbocycles. The van der Waals surface area contributed by atoms with Gasteiger partial charge in [0.05, 0.1) is 0 Å². The van der Waals surface area contributed by atoms with Gasteiger partial charge < -0.3 is 10.8 Å². The van der Waals surface area contributed by atoms with E-state index in [9.17, 15) is 4.79 Å². The molecular weight excluding hydrogens is 168 g/mol. The van der Waals surface area contributed by atoms with E-state index in [2.05, 4.69) is 4.98 Å². The Balaban J connectivity index is 3.11. The van der Waals surface area contributed by atoms with Crippen molar-refractivity contribution in [2.75, 3.05) is 0 Å². The van der Waals surface area contributed by atoms with E-state index in [4.69, 9.17) is 10.8 Å². The number of hydrogen-bond acceptors (Lipinski definition) is 3. The van der Waals surface area contributed by atoms with Crippen LogP contribution in [0.3, 0.4) is 0 Å². The summed E-state index contributed by atoms with van der Waals surface area (Å²) in [6, 6.07) is 3.14. The smallest absolute Gasteiger partial charge is 0.354 e. The number of carboxylic acids is 1. The molecule has 0 bridgehead atoms. The molecule has 70 valence electrons. The average molecular weight is 180 g/mol. The molecule has 3 N–H and O–H groups in total. The Morgan fingerprint density at radius 1 is 1.77 bits per heavy atom. The van der Waals surface area contributed by atoms with E-state index in [-0.39, 0.29) is 11.7 Å². The van der Waals surface area contributed by atoms with Crippen molar-refractivity contribution >= 4 is 5.97 Å². The maximum Gasteiger partial charge on any atom is 0.354 e. The quantitative estimate of drug-likeness (QED) is 0.732. The second kappa shape index (κ2) is 4.00. The first-order valence-electron chi connectivity index (χ1n) is 4.10. The molecule has 0 amide bonds. The molecule has 0 unspecified atom stereocenters. The third-order valence-corrected chi connectivity index (χ3v) is 1.88. The SMILES string of the molecule is CC[C@@H](N)c1cccnc1C(=O)O. The van der Waals surface area contributed by atoms with Crippen molar-refractivity contribution < 1.29 is 9.90 Å². The first kappa shape index (κ1) is 9.67. The van der Waals surface area contributed by atoms with Crippen molar-refractivity contribution in [1.82, 2.24) is 4.98 Å². The van der Waals surface area contributed by atoms with E-state index in [1.165, 1.54) is 6.20 Å². The van der Waals surface area contributed by atoms with Crippen molar-refractivity contribution in [2.24, 2.45) is 5.73 Å². The molecule has 4 nitrogen and oxygen atoms in total. The predicted molar refractivity (Wildman–Crippen MR) is 48.4 cm³/mol. The number of nitrogens with zero attached hydrogens (tertiary/aromatic N) is 1. The van der Waals surface area contributed by atoms with Gasteiger partial charge in [0.25, 0.3) is 0 Å². The van der Waals surface area contributed by atoms with Crippen LogP contribution in [0.25, 0.3) is 0 Å². The summed E-state index contributed by atoms with van der Waals surface area (Å²) in [7, 11) is 0. The Hall–Kier alpha value is -1.42. The Bertz CT molecular complexity index is 312. The highest BCUT2D eigenvalue weighted by Gasteiger charge is 2.14. The van der Waals surface area contributed by atoms with Gasteiger partial charge in [-0.25, -0.2) is 9.78 Å². The molecule has 0 aromatic carbocycles. The van der Waals surface area contributed by atoms with E-state index in [1.54, 1.807) is 12.1 Å². The lowest BCUT2D eigenvalue weighted by Gasteiger charge is -2.10. The zero-order chi connectivity index (χ0) is 9.84. The summed E-state index contributed by atoms with van der Waals surface area (Å²) < 4.78 is 0. The minimum absolute atomic E-state index is 0.0526. The monoisotopic (exact) mass is 180 g/mol. The van der Waals surface area contributed by atoms with Crippen LogP contribution in [-0.4, -0.2) is 16.1 Å². The van der Waals surface area contributed by atoms with Crippen LogP contribution in [-0.2, 0) is 0 Å². The second-order valence-corrected chi connectivity index (χ2v) is 2.76. The molecule has 1 aromatic heterocycles. The van der Waals surface area contributed by atoms with Crippen LogP contribution in [0.5, 0.6) is 0 Å². The predicted octanol–water partition coefficient (Wildman–Crippen LogP) is 1.19. The van der Waals surface area contributed by atoms with Crippen LogP contribution in [0.15, 0.2) is 18.3 Å². The van der Waals surface area contributed by atoms with Gasteiger partial charge in [-0.15, -0.1) is 0 Å². The molecule has 0 fully saturated rings. The third kappa shape index (κ3) is 2.03. The van der Waals surface area contributed by atoms with Crippen LogP contribution < -0.4 is 5.73 Å². The van der Waals surface area contributed by atoms with Gasteiger partial charge in [-0.3, -0.25) is 0 Å². The van der Waals surface area contributed by atoms with Gasteiger partial charge in [0.1, 0.15) is 0 Å². The lowest BCUT2D eigenvalue weighted by Crippen LogP contribution is -2.15. The molecular formula is C9H12N2O2. The molecule has 0 saturated carbocycles. The van der Waals surface area contributed by atoms with Gasteiger partial charge in [0.2, 0.25) is 0 Å². The van der Waals surface area contributed by atoms with E-state index in [1.807, 2.05) is 6.92 Å². The van der Waals surface area contributed by atoms with Gasteiger partial charge in [-0.2, -0.15) is 0 Å². The number of rotatable bonds is 3. The topological polar surface area (TPSA) is 76.2 Å². The normalized spacial score (nSPS) is 12.5. The summed E-state index contributed by atoms with van der Waals surface area (Å²) in [6.07, 6.45) is 2.15. The number of carboxylic acid groups (broad SMARTS) is 1. The van der Waals surface area contributed by atoms with Gasteiger partial charge >= 0.3 is 5.97 Å². The fourth-order valence-corrected chi connectivity index (χ4v) is 1.12. The molecule has 0 radical (unpaired) electrons. The molecule has 1 rings (SSSR count). The van der Waals surface area contributed by atoms with E-state index in [0.717, 1.165) is 0 Å². The number of aromatic carboxylic acids is 1. The molecule has 1 aromatic rings. The highest BCUT2D eigenvalue weighted by Crippen LogP contribution is 2.16. The first-order valence-corrected chi connectivity index (χ1v) is 4.10. The van der Waals surface area contributed by atoms with Crippen molar-refractivity contribution in [2.45, 2.75) is 19.4 Å². The summed E-state index contributed by atoms with van der Waals surface area (Å²) in [6.45, 7) is 1.91. The van der Waals surface area contributed by atoms with Gasteiger partial charge in [0.15, 0.2) is 5.69 Å². The standard InChI is InChI=1S/C9H12N2O2/c1-2-7(10)6-4-3-5-11-8(6)9(12)13/h3-5,7H,2,10H2,1H3,(H,12,13)/t7-/m1/s1. The maximum absolute atomic E-state index is 10.7. The average Bonchev–Trinajstić information content (AvgIpc) is 2.16. The molecule has 1 atom stereocenters. The second-order valence-electron chi connectivity index (χ2n) is 2.76. The Kier molecular flexibility index (Phi) is 2.97. The van der Waals surface area contributed by atoms with Gasteiger partial charge in [0, 0.05) is 17.8 Å². The summed E-state index contributed by atoms with van der Waals surface area (Å²) in [5, 5.41) is 8.79. The van der Waals surface area contributed by atoms with Gasteiger partial charge in [-0.1, -0.05) is 13.0 Å². The number of aromatic nitrogens is 1. The minimum Gasteiger partial charge on any atom is -0.477 e. The zero-order valence-electron chi connectivity index (χ0n) is 7.40. The largest absolute Gasteiger partial charge is 0.477 e. The molecule has 0 aliphatic rings. The molecule has 1 heterocycles. The van der Waals surface area contributed by atoms with Crippen molar-refractivity contribution in [3.05, 3.63) is 29.6 Å². The van der Waals surface area contributed by atoms with Crippen molar-refractivity contribution in [3.63, 3.8) is 0 Å². The van der Waals surface area contributed by atoms with E-state index in [0.29, 0.717) is 12.0 Å². The lowest BCUT2D eigenvalue weighted by molar-refractivity contribution is 0.0688. The van der Waals surface area contributed by atoms with Crippen LogP contribution >= 0.6 is 0 Å². The number of carbonyl (C=O) groups is 1. The number of hydrogen-bond donors (Lipinski definition) is 2. The molecule has 13 heavy (non-hydrogen) atoms. The van der Waals surface area contributed by atoms with Crippen molar-refractivity contribution in [1.29, 1.82) is 0 Å². The molecule has 0 spiro atoms. The Morgan fingerprint density at radius 2 is 2.46 bits per heavy atom. The van der Waals surface area contributed by atoms with Crippen LogP contribution in [0.1, 0.15) is 35.4 Å². The zero-order valence-corrected chi connectivity index (χ0v) is 7.40. The Labute approximate surface area is 76.4 Å². The van der Waals surface area contributed by atoms with Crippen LogP contribution in [0.4, 0.5) is 0 Å². The summed E-state index contributed by atoms with van der Waals surface area (Å²) >= 11 is 0. The minimum atomic E-state index is -1.03. The van der Waals surface area contributed by atoms with Crippen molar-refractivity contribution in [3.8, 4) is 0 Å². The highest BCUT2D eigenvalue weighted by atomic mass is 16.4. The molecule has 0 saturated heterocycles. The van der Waals surface area contributed by atoms with Crippen LogP contribution in [0.2, 0.25) is 0 Å². The van der Waals surface area contributed by atoms with E-state index < -0.39 is 5.97 Å². The maximum atomic E-state index is 10.7. The number of pyridine rings is 1. The molecule has 4 heteroatoms. The Morgan fingerprint density at radius 3 is 3.00 bits per heavy atom. The lowest BCUT2D eigenvalue weighted by atomic mass is 10.0. The van der Waals surface area contributed by atoms with E-state index >= 15 is 0 Å². The summed E-state index contributed by atoms with van der Waals surface area (Å²) in [4.78, 5) is 14.5. The fourth-order valence-electron chi connectivity index (χ4n) is 1.12. The molecule has 0 aliphatic heterocycles. The highest BCUT2D eigenvalue weighted by molar-refractivity contribution is 5.87. The fraction of sp³-hybridized carbons (Fsp3) is 0.333. The number of nitrogens with two attached hydrogens (primary N) is 1. The van der Waals surface area contributed by atoms with Crippen LogP contribution in [0, 0.1) is 0 Å². The first-order chi connectivity index (χ1) is 6.16. The summed E-state index contributed by atoms with van der Waals surface area (Å²) in [5.41, 5.74) is 6.38. The third-order valence-electron chi connectivity index (χ3n) is 1.88. The summed E-state index contributed by atoms with van der Waals surface area (Å²) in [5.74, 6) is -1.03.